The molecule has 0 atom stereocenters. The van der Waals surface area contributed by atoms with Crippen LogP contribution in [-0.4, -0.2) is 18.3 Å². The van der Waals surface area contributed by atoms with Crippen molar-refractivity contribution in [2.75, 3.05) is 0 Å². The zero-order valence-corrected chi connectivity index (χ0v) is 13.5. The summed E-state index contributed by atoms with van der Waals surface area (Å²) in [6.45, 7) is 0. The highest BCUT2D eigenvalue weighted by atomic mass is 36.0. The van der Waals surface area contributed by atoms with Crippen LogP contribution in [0.15, 0.2) is 48.5 Å². The Morgan fingerprint density at radius 2 is 1.00 bits per heavy atom. The van der Waals surface area contributed by atoms with Crippen LogP contribution in [0.1, 0.15) is 0 Å². The third-order valence-electron chi connectivity index (χ3n) is 2.49. The summed E-state index contributed by atoms with van der Waals surface area (Å²) in [5.41, 5.74) is 0.197. The third kappa shape index (κ3) is 6.19. The van der Waals surface area contributed by atoms with Gasteiger partial charge in [0.05, 0.1) is 21.0 Å². The molecule has 0 amide bonds. The van der Waals surface area contributed by atoms with Gasteiger partial charge in [-0.3, -0.25) is 20.2 Å². The summed E-state index contributed by atoms with van der Waals surface area (Å²) in [5, 5.41) is 21.8. The van der Waals surface area contributed by atoms with Crippen LogP contribution in [0, 0.1) is 20.2 Å². The molecule has 0 aliphatic carbocycles. The van der Waals surface area contributed by atoms with Crippen molar-refractivity contribution in [1.82, 2.24) is 0 Å². The van der Waals surface area contributed by atoms with Gasteiger partial charge < -0.3 is 0 Å². The highest BCUT2D eigenvalue weighted by molar-refractivity contribution is 8.31. The molecule has 0 N–H and O–H groups in total. The van der Waals surface area contributed by atoms with Crippen molar-refractivity contribution in [3.63, 3.8) is 0 Å². The van der Waals surface area contributed by atoms with Crippen molar-refractivity contribution in [1.29, 1.82) is 0 Å². The average Bonchev–Trinajstić information content (AvgIpc) is 2.45. The van der Waals surface area contributed by atoms with Gasteiger partial charge in [0.25, 0.3) is 11.4 Å². The van der Waals surface area contributed by atoms with E-state index in [1.807, 2.05) is 0 Å². The second-order valence-electron chi connectivity index (χ2n) is 3.93. The topological polar surface area (TPSA) is 120 Å². The first-order valence-electron chi connectivity index (χ1n) is 5.72. The Hall–Kier alpha value is -2.23. The van der Waals surface area contributed by atoms with Crippen LogP contribution in [0.4, 0.5) is 11.4 Å². The van der Waals surface area contributed by atoms with Crippen LogP contribution in [0.25, 0.3) is 11.1 Å². The molecule has 0 saturated heterocycles. The number of benzene rings is 2. The summed E-state index contributed by atoms with van der Waals surface area (Å²) in [6.07, 6.45) is 0. The van der Waals surface area contributed by atoms with E-state index in [9.17, 15) is 20.2 Å². The van der Waals surface area contributed by atoms with E-state index in [-0.39, 0.29) is 22.5 Å². The standard InChI is InChI=1S/C12H8N2O4.Cl2O2S/c15-13(16)11-7-3-1-5-9(11)10-6-2-4-8-12(10)14(17)18;1-5(2,3)4/h1-8H;. The molecule has 0 aliphatic heterocycles. The van der Waals surface area contributed by atoms with Gasteiger partial charge in [0.1, 0.15) is 0 Å². The Balaban J connectivity index is 0.000000463. The van der Waals surface area contributed by atoms with Gasteiger partial charge in [-0.05, 0) is 12.1 Å². The van der Waals surface area contributed by atoms with E-state index < -0.39 is 18.1 Å². The number of halogens is 2. The molecule has 0 bridgehead atoms. The molecule has 0 heterocycles. The number of hydrogen-bond acceptors (Lipinski definition) is 6. The fourth-order valence-electron chi connectivity index (χ4n) is 1.72. The smallest absolute Gasteiger partial charge is 0.258 e. The Kier molecular flexibility index (Phi) is 6.43. The average molecular weight is 379 g/mol. The van der Waals surface area contributed by atoms with Gasteiger partial charge in [0.2, 0.25) is 0 Å². The van der Waals surface area contributed by atoms with E-state index in [2.05, 4.69) is 21.4 Å². The Morgan fingerprint density at radius 3 is 1.26 bits per heavy atom. The number of hydrogen-bond donors (Lipinski definition) is 0. The lowest BCUT2D eigenvalue weighted by Crippen LogP contribution is -1.95. The molecule has 0 radical (unpaired) electrons. The van der Waals surface area contributed by atoms with Crippen molar-refractivity contribution in [3.05, 3.63) is 68.8 Å². The second kappa shape index (κ2) is 7.86. The number of nitro groups is 2. The van der Waals surface area contributed by atoms with E-state index >= 15 is 0 Å². The molecule has 2 aromatic carbocycles. The minimum absolute atomic E-state index is 0.146. The Labute approximate surface area is 139 Å². The number of para-hydroxylation sites is 2. The van der Waals surface area contributed by atoms with Crippen molar-refractivity contribution in [2.24, 2.45) is 0 Å². The van der Waals surface area contributed by atoms with Gasteiger partial charge in [0.15, 0.2) is 0 Å². The molecule has 0 aliphatic rings. The zero-order valence-electron chi connectivity index (χ0n) is 11.1. The van der Waals surface area contributed by atoms with Gasteiger partial charge in [-0.25, -0.2) is 0 Å². The number of nitro benzene ring substituents is 2. The minimum Gasteiger partial charge on any atom is -0.258 e. The minimum atomic E-state index is -3.72. The normalized spacial score (nSPS) is 10.3. The SMILES string of the molecule is O=S(=O)(Cl)Cl.O=[N+]([O-])c1ccccc1-c1ccccc1[N+](=O)[O-]. The van der Waals surface area contributed by atoms with Crippen molar-refractivity contribution < 1.29 is 18.3 Å². The first kappa shape index (κ1) is 18.8. The van der Waals surface area contributed by atoms with Crippen LogP contribution in [0.2, 0.25) is 0 Å². The molecule has 8 nitrogen and oxygen atoms in total. The zero-order chi connectivity index (χ0) is 17.6. The summed E-state index contributed by atoms with van der Waals surface area (Å²) in [4.78, 5) is 20.7. The van der Waals surface area contributed by atoms with Crippen LogP contribution in [0.5, 0.6) is 0 Å². The summed E-state index contributed by atoms with van der Waals surface area (Å²) in [6, 6.07) is 11.9. The summed E-state index contributed by atoms with van der Waals surface area (Å²) < 4.78 is 18.3. The largest absolute Gasteiger partial charge is 0.317 e. The summed E-state index contributed by atoms with van der Waals surface area (Å²) >= 11 is 0. The van der Waals surface area contributed by atoms with E-state index in [1.165, 1.54) is 36.4 Å². The molecule has 0 aromatic heterocycles. The molecule has 122 valence electrons. The van der Waals surface area contributed by atoms with Gasteiger partial charge >= 0.3 is 8.26 Å². The fraction of sp³-hybridized carbons (Fsp3) is 0. The van der Waals surface area contributed by atoms with Crippen molar-refractivity contribution >= 4 is 41.0 Å². The highest BCUT2D eigenvalue weighted by Crippen LogP contribution is 2.35. The molecular formula is C12H8Cl2N2O6S. The van der Waals surface area contributed by atoms with Crippen LogP contribution in [0.3, 0.4) is 0 Å². The molecule has 0 fully saturated rings. The molecule has 0 saturated carbocycles. The van der Waals surface area contributed by atoms with Crippen molar-refractivity contribution in [2.45, 2.75) is 0 Å². The number of rotatable bonds is 3. The third-order valence-corrected chi connectivity index (χ3v) is 2.49. The maximum atomic E-state index is 10.9. The predicted octanol–water partition coefficient (Wildman–Crippen LogP) is 3.88. The van der Waals surface area contributed by atoms with Gasteiger partial charge in [-0.2, -0.15) is 8.42 Å². The van der Waals surface area contributed by atoms with E-state index in [0.717, 1.165) is 0 Å². The van der Waals surface area contributed by atoms with Gasteiger partial charge in [-0.15, -0.1) is 0 Å². The lowest BCUT2D eigenvalue weighted by Gasteiger charge is -2.03. The highest BCUT2D eigenvalue weighted by Gasteiger charge is 2.21. The maximum absolute atomic E-state index is 10.9. The van der Waals surface area contributed by atoms with Crippen molar-refractivity contribution in [3.8, 4) is 11.1 Å². The van der Waals surface area contributed by atoms with E-state index in [1.54, 1.807) is 12.1 Å². The van der Waals surface area contributed by atoms with Crippen LogP contribution < -0.4 is 0 Å². The molecule has 23 heavy (non-hydrogen) atoms. The number of nitrogens with zero attached hydrogens (tertiary/aromatic N) is 2. The fourth-order valence-corrected chi connectivity index (χ4v) is 1.72. The second-order valence-corrected chi connectivity index (χ2v) is 7.60. The summed E-state index contributed by atoms with van der Waals surface area (Å²) in [7, 11) is 4.81. The van der Waals surface area contributed by atoms with Gasteiger partial charge in [0, 0.05) is 33.5 Å². The van der Waals surface area contributed by atoms with Crippen LogP contribution in [-0.2, 0) is 8.26 Å². The van der Waals surface area contributed by atoms with Gasteiger partial charge in [-0.1, -0.05) is 24.3 Å². The maximum Gasteiger partial charge on any atom is 0.317 e. The molecule has 0 spiro atoms. The molecular weight excluding hydrogens is 371 g/mol. The summed E-state index contributed by atoms with van der Waals surface area (Å²) in [5.74, 6) is 0. The Morgan fingerprint density at radius 1 is 0.739 bits per heavy atom. The van der Waals surface area contributed by atoms with Crippen LogP contribution >= 0.6 is 21.4 Å². The first-order valence-corrected chi connectivity index (χ1v) is 8.86. The molecule has 11 heteroatoms. The lowest BCUT2D eigenvalue weighted by molar-refractivity contribution is -0.386. The Bertz CT molecular complexity index is 777. The first-order chi connectivity index (χ1) is 10.6. The lowest BCUT2D eigenvalue weighted by atomic mass is 10.0. The molecule has 2 rings (SSSR count). The van der Waals surface area contributed by atoms with E-state index in [4.69, 9.17) is 8.42 Å². The quantitative estimate of drug-likeness (QED) is 0.453. The van der Waals surface area contributed by atoms with E-state index in [0.29, 0.717) is 0 Å². The molecule has 2 aromatic rings. The predicted molar refractivity (Wildman–Crippen MR) is 85.8 cm³/mol. The molecule has 0 unspecified atom stereocenters. The monoisotopic (exact) mass is 378 g/mol.